The van der Waals surface area contributed by atoms with Crippen LogP contribution in [0.3, 0.4) is 0 Å². The Balaban J connectivity index is 2.43. The Morgan fingerprint density at radius 1 is 0.824 bits per heavy atom. The molecule has 0 amide bonds. The van der Waals surface area contributed by atoms with E-state index in [1.54, 1.807) is 0 Å². The molecular formula is C14H26O2S. The third kappa shape index (κ3) is 4.13. The normalized spacial score (nSPS) is 26.5. The summed E-state index contributed by atoms with van der Waals surface area (Å²) in [6, 6.07) is 0. The molecule has 1 rings (SSSR count). The molecule has 2 unspecified atom stereocenters. The lowest BCUT2D eigenvalue weighted by Gasteiger charge is -2.13. The minimum Gasteiger partial charge on any atom is -0.228 e. The smallest absolute Gasteiger partial charge is 0.163 e. The quantitative estimate of drug-likeness (QED) is 0.489. The number of unbranched alkanes of at least 4 members (excludes halogenated alkanes) is 4. The fourth-order valence-corrected chi connectivity index (χ4v) is 4.46. The van der Waals surface area contributed by atoms with Crippen molar-refractivity contribution in [3.63, 3.8) is 0 Å². The van der Waals surface area contributed by atoms with E-state index in [0.717, 1.165) is 51.4 Å². The first-order chi connectivity index (χ1) is 8.12. The van der Waals surface area contributed by atoms with Gasteiger partial charge in [-0.2, -0.15) is 0 Å². The molecule has 0 bridgehead atoms. The predicted molar refractivity (Wildman–Crippen MR) is 73.9 cm³/mol. The molecule has 1 aliphatic heterocycles. The molecule has 0 spiro atoms. The second-order valence-electron chi connectivity index (χ2n) is 5.04. The number of hydrogen-bond acceptors (Lipinski definition) is 2. The Bertz CT molecular complexity index is 304. The van der Waals surface area contributed by atoms with Gasteiger partial charge in [0.25, 0.3) is 0 Å². The van der Waals surface area contributed by atoms with Gasteiger partial charge in [0.1, 0.15) is 0 Å². The van der Waals surface area contributed by atoms with E-state index >= 15 is 0 Å². The molecule has 0 aromatic heterocycles. The van der Waals surface area contributed by atoms with E-state index in [4.69, 9.17) is 0 Å². The van der Waals surface area contributed by atoms with Gasteiger partial charge >= 0.3 is 0 Å². The van der Waals surface area contributed by atoms with E-state index in [9.17, 15) is 8.42 Å². The first-order valence-electron chi connectivity index (χ1n) is 7.04. The molecule has 0 radical (unpaired) electrons. The van der Waals surface area contributed by atoms with Crippen LogP contribution in [0, 0.1) is 0 Å². The zero-order valence-electron chi connectivity index (χ0n) is 11.2. The molecule has 100 valence electrons. The van der Waals surface area contributed by atoms with E-state index < -0.39 is 9.84 Å². The minimum atomic E-state index is -2.90. The van der Waals surface area contributed by atoms with Gasteiger partial charge in [0.2, 0.25) is 0 Å². The van der Waals surface area contributed by atoms with Crippen LogP contribution in [0.25, 0.3) is 0 Å². The predicted octanol–water partition coefficient (Wildman–Crippen LogP) is 3.87. The first-order valence-corrected chi connectivity index (χ1v) is 8.64. The van der Waals surface area contributed by atoms with Crippen LogP contribution in [-0.2, 0) is 9.84 Å². The summed E-state index contributed by atoms with van der Waals surface area (Å²) in [7, 11) is -2.90. The number of hydrogen-bond donors (Lipinski definition) is 0. The zero-order chi connectivity index (χ0) is 12.7. The van der Waals surface area contributed by atoms with Gasteiger partial charge in [0.15, 0.2) is 9.84 Å². The second kappa shape index (κ2) is 7.20. The Morgan fingerprint density at radius 2 is 1.24 bits per heavy atom. The first kappa shape index (κ1) is 14.7. The zero-order valence-corrected chi connectivity index (χ0v) is 12.0. The highest BCUT2D eigenvalue weighted by molar-refractivity contribution is 7.93. The summed E-state index contributed by atoms with van der Waals surface area (Å²) in [5, 5.41) is -0.388. The molecule has 0 aliphatic carbocycles. The molecule has 17 heavy (non-hydrogen) atoms. The van der Waals surface area contributed by atoms with Crippen molar-refractivity contribution in [2.75, 3.05) is 0 Å². The molecule has 0 aromatic carbocycles. The van der Waals surface area contributed by atoms with Crippen LogP contribution >= 0.6 is 0 Å². The van der Waals surface area contributed by atoms with Gasteiger partial charge in [0.05, 0.1) is 10.5 Å². The lowest BCUT2D eigenvalue weighted by atomic mass is 10.1. The molecule has 1 aliphatic rings. The summed E-state index contributed by atoms with van der Waals surface area (Å²) in [6.45, 7) is 4.29. The highest BCUT2D eigenvalue weighted by atomic mass is 32.2. The van der Waals surface area contributed by atoms with Crippen LogP contribution in [0.2, 0.25) is 0 Å². The molecular weight excluding hydrogens is 232 g/mol. The summed E-state index contributed by atoms with van der Waals surface area (Å²) in [5.41, 5.74) is 0. The molecule has 1 heterocycles. The summed E-state index contributed by atoms with van der Waals surface area (Å²) >= 11 is 0. The van der Waals surface area contributed by atoms with Crippen molar-refractivity contribution in [3.8, 4) is 0 Å². The lowest BCUT2D eigenvalue weighted by Crippen LogP contribution is -2.24. The van der Waals surface area contributed by atoms with E-state index in [1.807, 2.05) is 12.2 Å². The Kier molecular flexibility index (Phi) is 6.24. The van der Waals surface area contributed by atoms with Crippen LogP contribution in [0.1, 0.15) is 65.2 Å². The van der Waals surface area contributed by atoms with Gasteiger partial charge in [0, 0.05) is 0 Å². The van der Waals surface area contributed by atoms with Crippen molar-refractivity contribution < 1.29 is 8.42 Å². The SMILES string of the molecule is CCCCCC1C=CC(CCCCC)S1(=O)=O. The van der Waals surface area contributed by atoms with Gasteiger partial charge in [-0.25, -0.2) is 8.42 Å². The molecule has 0 saturated carbocycles. The van der Waals surface area contributed by atoms with Crippen LogP contribution in [0.15, 0.2) is 12.2 Å². The summed E-state index contributed by atoms with van der Waals surface area (Å²) in [6.07, 6.45) is 12.1. The molecule has 3 heteroatoms. The molecule has 2 nitrogen and oxygen atoms in total. The van der Waals surface area contributed by atoms with Gasteiger partial charge in [-0.15, -0.1) is 0 Å². The van der Waals surface area contributed by atoms with Gasteiger partial charge < -0.3 is 0 Å². The average molecular weight is 258 g/mol. The molecule has 2 atom stereocenters. The largest absolute Gasteiger partial charge is 0.228 e. The van der Waals surface area contributed by atoms with Crippen molar-refractivity contribution in [1.29, 1.82) is 0 Å². The maximum absolute atomic E-state index is 12.2. The average Bonchev–Trinajstić information content (AvgIpc) is 2.56. The summed E-state index contributed by atoms with van der Waals surface area (Å²) in [4.78, 5) is 0. The van der Waals surface area contributed by atoms with Crippen molar-refractivity contribution in [3.05, 3.63) is 12.2 Å². The highest BCUT2D eigenvalue weighted by Crippen LogP contribution is 2.27. The maximum atomic E-state index is 12.2. The van der Waals surface area contributed by atoms with Crippen molar-refractivity contribution in [1.82, 2.24) is 0 Å². The van der Waals surface area contributed by atoms with Crippen LogP contribution in [0.4, 0.5) is 0 Å². The Hall–Kier alpha value is -0.310. The van der Waals surface area contributed by atoms with Crippen LogP contribution in [-0.4, -0.2) is 18.9 Å². The molecule has 0 aromatic rings. The second-order valence-corrected chi connectivity index (χ2v) is 7.43. The van der Waals surface area contributed by atoms with Gasteiger partial charge in [-0.3, -0.25) is 0 Å². The Labute approximate surface area is 106 Å². The highest BCUT2D eigenvalue weighted by Gasteiger charge is 2.34. The number of sulfone groups is 1. The third-order valence-corrected chi connectivity index (χ3v) is 6.04. The third-order valence-electron chi connectivity index (χ3n) is 3.57. The van der Waals surface area contributed by atoms with Crippen LogP contribution < -0.4 is 0 Å². The van der Waals surface area contributed by atoms with E-state index in [1.165, 1.54) is 0 Å². The fraction of sp³-hybridized carbons (Fsp3) is 0.857. The van der Waals surface area contributed by atoms with Crippen molar-refractivity contribution in [2.24, 2.45) is 0 Å². The monoisotopic (exact) mass is 258 g/mol. The minimum absolute atomic E-state index is 0.194. The lowest BCUT2D eigenvalue weighted by molar-refractivity contribution is 0.565. The molecule has 0 N–H and O–H groups in total. The maximum Gasteiger partial charge on any atom is 0.163 e. The van der Waals surface area contributed by atoms with Gasteiger partial charge in [-0.1, -0.05) is 64.5 Å². The summed E-state index contributed by atoms with van der Waals surface area (Å²) < 4.78 is 24.4. The van der Waals surface area contributed by atoms with Crippen molar-refractivity contribution in [2.45, 2.75) is 75.7 Å². The number of rotatable bonds is 8. The van der Waals surface area contributed by atoms with Crippen LogP contribution in [0.5, 0.6) is 0 Å². The van der Waals surface area contributed by atoms with E-state index in [-0.39, 0.29) is 10.5 Å². The topological polar surface area (TPSA) is 34.1 Å². The van der Waals surface area contributed by atoms with E-state index in [0.29, 0.717) is 0 Å². The summed E-state index contributed by atoms with van der Waals surface area (Å²) in [5.74, 6) is 0. The molecule has 0 saturated heterocycles. The van der Waals surface area contributed by atoms with E-state index in [2.05, 4.69) is 13.8 Å². The standard InChI is InChI=1S/C14H26O2S/c1-3-5-7-9-13-11-12-14(17(13,15)16)10-8-6-4-2/h11-14H,3-10H2,1-2H3. The molecule has 0 fully saturated rings. The van der Waals surface area contributed by atoms with Gasteiger partial charge in [-0.05, 0) is 12.8 Å². The van der Waals surface area contributed by atoms with Crippen molar-refractivity contribution >= 4 is 9.84 Å². The fourth-order valence-electron chi connectivity index (χ4n) is 2.40. The Morgan fingerprint density at radius 3 is 1.59 bits per heavy atom.